The standard InChI is InChI=1S/C13H23NO5S/c1-9(2)19-13(4-5-18-8-13)12(15)14-11-7-20(16,17)6-10(11)3/h9-11H,4-8H2,1-3H3,(H,14,15)/t10-,11+,13?/m0/s1. The molecule has 116 valence electrons. The van der Waals surface area contributed by atoms with Crippen LogP contribution in [0.15, 0.2) is 0 Å². The Hall–Kier alpha value is -0.660. The normalized spacial score (nSPS) is 36.4. The van der Waals surface area contributed by atoms with Gasteiger partial charge in [-0.15, -0.1) is 0 Å². The van der Waals surface area contributed by atoms with E-state index in [9.17, 15) is 13.2 Å². The SMILES string of the molecule is CC(C)OC1(C(=O)N[C@@H]2CS(=O)(=O)C[C@@H]2C)CCOC1. The number of sulfone groups is 1. The molecule has 1 N–H and O–H groups in total. The number of carbonyl (C=O) groups is 1. The number of amides is 1. The first-order valence-electron chi connectivity index (χ1n) is 7.01. The Morgan fingerprint density at radius 1 is 1.40 bits per heavy atom. The second-order valence-electron chi connectivity index (χ2n) is 6.10. The van der Waals surface area contributed by atoms with Gasteiger partial charge in [-0.25, -0.2) is 8.42 Å². The van der Waals surface area contributed by atoms with Crippen molar-refractivity contribution in [2.24, 2.45) is 5.92 Å². The minimum atomic E-state index is -3.04. The number of carbonyl (C=O) groups excluding carboxylic acids is 1. The molecule has 20 heavy (non-hydrogen) atoms. The Kier molecular flexibility index (Phi) is 4.41. The zero-order chi connectivity index (χ0) is 15.0. The molecule has 3 atom stereocenters. The quantitative estimate of drug-likeness (QED) is 0.798. The molecule has 0 saturated carbocycles. The molecule has 2 aliphatic rings. The van der Waals surface area contributed by atoms with Gasteiger partial charge in [-0.2, -0.15) is 0 Å². The molecule has 2 saturated heterocycles. The maximum absolute atomic E-state index is 12.5. The van der Waals surface area contributed by atoms with Gasteiger partial charge in [0, 0.05) is 12.5 Å². The Bertz CT molecular complexity index is 467. The van der Waals surface area contributed by atoms with Crippen molar-refractivity contribution in [3.8, 4) is 0 Å². The van der Waals surface area contributed by atoms with E-state index in [0.29, 0.717) is 13.0 Å². The molecule has 0 radical (unpaired) electrons. The van der Waals surface area contributed by atoms with Crippen LogP contribution in [-0.2, 0) is 24.1 Å². The van der Waals surface area contributed by atoms with Crippen molar-refractivity contribution in [1.29, 1.82) is 0 Å². The van der Waals surface area contributed by atoms with Crippen LogP contribution in [0.5, 0.6) is 0 Å². The fourth-order valence-electron chi connectivity index (χ4n) is 2.83. The molecule has 0 aromatic heterocycles. The Morgan fingerprint density at radius 2 is 2.10 bits per heavy atom. The highest BCUT2D eigenvalue weighted by Crippen LogP contribution is 2.27. The molecule has 6 nitrogen and oxygen atoms in total. The fourth-order valence-corrected chi connectivity index (χ4v) is 4.96. The second kappa shape index (κ2) is 5.61. The summed E-state index contributed by atoms with van der Waals surface area (Å²) >= 11 is 0. The van der Waals surface area contributed by atoms with Crippen molar-refractivity contribution in [3.63, 3.8) is 0 Å². The summed E-state index contributed by atoms with van der Waals surface area (Å²) in [5.41, 5.74) is -0.972. The summed E-state index contributed by atoms with van der Waals surface area (Å²) in [5.74, 6) is -0.176. The smallest absolute Gasteiger partial charge is 0.255 e. The van der Waals surface area contributed by atoms with Crippen molar-refractivity contribution in [2.45, 2.75) is 44.9 Å². The summed E-state index contributed by atoms with van der Waals surface area (Å²) in [6, 6.07) is -0.333. The van der Waals surface area contributed by atoms with Gasteiger partial charge in [-0.3, -0.25) is 4.79 Å². The van der Waals surface area contributed by atoms with Crippen LogP contribution in [0.3, 0.4) is 0 Å². The number of hydrogen-bond acceptors (Lipinski definition) is 5. The second-order valence-corrected chi connectivity index (χ2v) is 8.25. The number of hydrogen-bond donors (Lipinski definition) is 1. The molecule has 2 fully saturated rings. The third kappa shape index (κ3) is 3.32. The molecule has 1 unspecified atom stereocenters. The van der Waals surface area contributed by atoms with E-state index in [1.54, 1.807) is 0 Å². The average molecular weight is 305 g/mol. The first-order valence-corrected chi connectivity index (χ1v) is 8.83. The van der Waals surface area contributed by atoms with Gasteiger partial charge < -0.3 is 14.8 Å². The minimum absolute atomic E-state index is 0.0124. The van der Waals surface area contributed by atoms with Gasteiger partial charge in [0.2, 0.25) is 0 Å². The lowest BCUT2D eigenvalue weighted by molar-refractivity contribution is -0.154. The van der Waals surface area contributed by atoms with Crippen LogP contribution in [-0.4, -0.2) is 56.8 Å². The molecule has 1 amide bonds. The largest absolute Gasteiger partial charge is 0.378 e. The Labute approximate surface area is 120 Å². The predicted octanol–water partition coefficient (Wildman–Crippen LogP) is 0.120. The molecule has 0 aromatic carbocycles. The molecular weight excluding hydrogens is 282 g/mol. The molecule has 2 heterocycles. The first kappa shape index (κ1) is 15.7. The zero-order valence-electron chi connectivity index (χ0n) is 12.2. The van der Waals surface area contributed by atoms with Gasteiger partial charge in [-0.05, 0) is 19.8 Å². The molecule has 2 aliphatic heterocycles. The van der Waals surface area contributed by atoms with Crippen LogP contribution in [0.25, 0.3) is 0 Å². The average Bonchev–Trinajstić information content (AvgIpc) is 2.84. The third-order valence-corrected chi connectivity index (χ3v) is 5.71. The molecule has 0 bridgehead atoms. The van der Waals surface area contributed by atoms with Gasteiger partial charge in [0.25, 0.3) is 5.91 Å². The van der Waals surface area contributed by atoms with Gasteiger partial charge in [-0.1, -0.05) is 6.92 Å². The zero-order valence-corrected chi connectivity index (χ0v) is 13.0. The lowest BCUT2D eigenvalue weighted by atomic mass is 9.99. The molecule has 0 aliphatic carbocycles. The van der Waals surface area contributed by atoms with Gasteiger partial charge in [0.05, 0.1) is 30.8 Å². The maximum atomic E-state index is 12.5. The van der Waals surface area contributed by atoms with E-state index in [-0.39, 0.29) is 42.1 Å². The van der Waals surface area contributed by atoms with Crippen LogP contribution in [0.1, 0.15) is 27.2 Å². The van der Waals surface area contributed by atoms with Gasteiger partial charge in [0.1, 0.15) is 0 Å². The first-order chi connectivity index (χ1) is 9.24. The fraction of sp³-hybridized carbons (Fsp3) is 0.923. The third-order valence-electron chi connectivity index (χ3n) is 3.81. The van der Waals surface area contributed by atoms with E-state index in [4.69, 9.17) is 9.47 Å². The van der Waals surface area contributed by atoms with E-state index >= 15 is 0 Å². The van der Waals surface area contributed by atoms with E-state index in [0.717, 1.165) is 0 Å². The number of rotatable bonds is 4. The summed E-state index contributed by atoms with van der Waals surface area (Å²) in [4.78, 5) is 12.5. The summed E-state index contributed by atoms with van der Waals surface area (Å²) in [6.07, 6.45) is 0.414. The summed E-state index contributed by atoms with van der Waals surface area (Å²) in [7, 11) is -3.04. The van der Waals surface area contributed by atoms with Gasteiger partial charge in [0.15, 0.2) is 15.4 Å². The Morgan fingerprint density at radius 3 is 2.55 bits per heavy atom. The molecular formula is C13H23NO5S. The van der Waals surface area contributed by atoms with Crippen LogP contribution in [0, 0.1) is 5.92 Å². The monoisotopic (exact) mass is 305 g/mol. The summed E-state index contributed by atoms with van der Waals surface area (Å²) in [5, 5.41) is 2.85. The van der Waals surface area contributed by atoms with Crippen molar-refractivity contribution in [2.75, 3.05) is 24.7 Å². The van der Waals surface area contributed by atoms with E-state index in [1.807, 2.05) is 20.8 Å². The minimum Gasteiger partial charge on any atom is -0.378 e. The highest BCUT2D eigenvalue weighted by atomic mass is 32.2. The number of nitrogens with one attached hydrogen (secondary N) is 1. The highest BCUT2D eigenvalue weighted by Gasteiger charge is 2.46. The summed E-state index contributed by atoms with van der Waals surface area (Å²) < 4.78 is 34.3. The molecule has 7 heteroatoms. The van der Waals surface area contributed by atoms with Crippen LogP contribution in [0.4, 0.5) is 0 Å². The van der Waals surface area contributed by atoms with Gasteiger partial charge >= 0.3 is 0 Å². The highest BCUT2D eigenvalue weighted by molar-refractivity contribution is 7.91. The topological polar surface area (TPSA) is 81.7 Å². The van der Waals surface area contributed by atoms with Crippen molar-refractivity contribution >= 4 is 15.7 Å². The molecule has 0 spiro atoms. The van der Waals surface area contributed by atoms with Crippen LogP contribution < -0.4 is 5.32 Å². The summed E-state index contributed by atoms with van der Waals surface area (Å²) in [6.45, 7) is 6.30. The Balaban J connectivity index is 2.06. The van der Waals surface area contributed by atoms with Crippen molar-refractivity contribution < 1.29 is 22.7 Å². The van der Waals surface area contributed by atoms with E-state index in [2.05, 4.69) is 5.32 Å². The molecule has 2 rings (SSSR count). The maximum Gasteiger partial charge on any atom is 0.255 e. The van der Waals surface area contributed by atoms with Crippen LogP contribution >= 0.6 is 0 Å². The van der Waals surface area contributed by atoms with Crippen LogP contribution in [0.2, 0.25) is 0 Å². The van der Waals surface area contributed by atoms with E-state index < -0.39 is 15.4 Å². The predicted molar refractivity (Wildman–Crippen MR) is 74.1 cm³/mol. The lowest BCUT2D eigenvalue weighted by Gasteiger charge is -2.30. The van der Waals surface area contributed by atoms with E-state index in [1.165, 1.54) is 0 Å². The van der Waals surface area contributed by atoms with Crippen molar-refractivity contribution in [1.82, 2.24) is 5.32 Å². The lowest BCUT2D eigenvalue weighted by Crippen LogP contribution is -2.54. The van der Waals surface area contributed by atoms with Crippen molar-refractivity contribution in [3.05, 3.63) is 0 Å². The molecule has 0 aromatic rings. The number of ether oxygens (including phenoxy) is 2.